The van der Waals surface area contributed by atoms with Gasteiger partial charge in [-0.15, -0.1) is 0 Å². The summed E-state index contributed by atoms with van der Waals surface area (Å²) >= 11 is 12.4. The van der Waals surface area contributed by atoms with Gasteiger partial charge in [-0.1, -0.05) is 53.5 Å². The second-order valence-electron chi connectivity index (χ2n) is 8.62. The molecule has 1 saturated heterocycles. The van der Waals surface area contributed by atoms with Crippen molar-refractivity contribution in [2.75, 3.05) is 50.1 Å². The summed E-state index contributed by atoms with van der Waals surface area (Å²) in [6.07, 6.45) is 0. The molecule has 0 spiro atoms. The van der Waals surface area contributed by atoms with Crippen LogP contribution in [-0.4, -0.2) is 56.7 Å². The smallest absolute Gasteiger partial charge is 0.338 e. The summed E-state index contributed by atoms with van der Waals surface area (Å²) in [7, 11) is 1.44. The Hall–Kier alpha value is -3.26. The van der Waals surface area contributed by atoms with E-state index >= 15 is 0 Å². The Labute approximate surface area is 226 Å². The van der Waals surface area contributed by atoms with Crippen molar-refractivity contribution >= 4 is 46.5 Å². The first kappa shape index (κ1) is 26.8. The molecule has 1 N–H and O–H groups in total. The lowest BCUT2D eigenvalue weighted by atomic mass is 10.1. The largest absolute Gasteiger partial charge is 0.494 e. The topological polar surface area (TPSA) is 71.1 Å². The minimum Gasteiger partial charge on any atom is -0.494 e. The quantitative estimate of drug-likeness (QED) is 0.366. The van der Waals surface area contributed by atoms with E-state index in [0.717, 1.165) is 38.4 Å². The molecule has 194 valence electrons. The molecule has 0 unspecified atom stereocenters. The zero-order valence-corrected chi connectivity index (χ0v) is 22.3. The van der Waals surface area contributed by atoms with Gasteiger partial charge in [0.1, 0.15) is 5.75 Å². The summed E-state index contributed by atoms with van der Waals surface area (Å²) < 4.78 is 10.5. The highest BCUT2D eigenvalue weighted by Gasteiger charge is 2.23. The molecule has 3 aromatic carbocycles. The average Bonchev–Trinajstić information content (AvgIpc) is 2.89. The molecule has 1 aliphatic heterocycles. The number of rotatable bonds is 8. The van der Waals surface area contributed by atoms with Crippen LogP contribution in [0.5, 0.6) is 5.75 Å². The lowest BCUT2D eigenvalue weighted by Crippen LogP contribution is -2.46. The number of halogens is 2. The maximum atomic E-state index is 13.3. The number of carbonyl (C=O) groups is 2. The Bertz CT molecular complexity index is 1260. The highest BCUT2D eigenvalue weighted by atomic mass is 35.5. The normalized spacial score (nSPS) is 13.8. The highest BCUT2D eigenvalue weighted by molar-refractivity contribution is 6.36. The van der Waals surface area contributed by atoms with Crippen LogP contribution in [0, 0.1) is 0 Å². The predicted molar refractivity (Wildman–Crippen MR) is 147 cm³/mol. The van der Waals surface area contributed by atoms with E-state index in [2.05, 4.69) is 27.2 Å². The monoisotopic (exact) mass is 541 g/mol. The van der Waals surface area contributed by atoms with E-state index in [1.165, 1.54) is 24.8 Å². The third-order valence-electron chi connectivity index (χ3n) is 6.17. The van der Waals surface area contributed by atoms with E-state index < -0.39 is 11.9 Å². The Morgan fingerprint density at radius 3 is 2.38 bits per heavy atom. The maximum absolute atomic E-state index is 13.3. The molecule has 1 aliphatic rings. The number of carbonyl (C=O) groups excluding carboxylic acids is 2. The molecule has 4 rings (SSSR count). The van der Waals surface area contributed by atoms with Crippen LogP contribution in [0.4, 0.5) is 11.4 Å². The van der Waals surface area contributed by atoms with Crippen LogP contribution >= 0.6 is 23.2 Å². The fraction of sp³-hybridized carbons (Fsp3) is 0.286. The fourth-order valence-electron chi connectivity index (χ4n) is 4.37. The van der Waals surface area contributed by atoms with Crippen molar-refractivity contribution < 1.29 is 19.1 Å². The van der Waals surface area contributed by atoms with Crippen LogP contribution in [0.3, 0.4) is 0 Å². The summed E-state index contributed by atoms with van der Waals surface area (Å²) in [5.41, 5.74) is 3.12. The van der Waals surface area contributed by atoms with Crippen molar-refractivity contribution in [1.29, 1.82) is 0 Å². The molecule has 1 fully saturated rings. The van der Waals surface area contributed by atoms with Crippen LogP contribution in [0.1, 0.15) is 33.2 Å². The van der Waals surface area contributed by atoms with Crippen molar-refractivity contribution in [2.45, 2.75) is 13.5 Å². The number of nitrogens with zero attached hydrogens (tertiary/aromatic N) is 2. The van der Waals surface area contributed by atoms with E-state index in [4.69, 9.17) is 32.7 Å². The average molecular weight is 542 g/mol. The van der Waals surface area contributed by atoms with Gasteiger partial charge < -0.3 is 19.7 Å². The van der Waals surface area contributed by atoms with Crippen LogP contribution < -0.4 is 15.0 Å². The third kappa shape index (κ3) is 6.55. The van der Waals surface area contributed by atoms with Gasteiger partial charge >= 0.3 is 5.97 Å². The molecule has 1 amide bonds. The van der Waals surface area contributed by atoms with E-state index in [9.17, 15) is 9.59 Å². The summed E-state index contributed by atoms with van der Waals surface area (Å²) in [5, 5.41) is 3.49. The first-order valence-corrected chi connectivity index (χ1v) is 12.8. The number of amides is 1. The van der Waals surface area contributed by atoms with E-state index in [1.807, 2.05) is 24.3 Å². The van der Waals surface area contributed by atoms with E-state index in [1.54, 1.807) is 19.1 Å². The molecule has 0 atom stereocenters. The number of piperazine rings is 1. The van der Waals surface area contributed by atoms with Gasteiger partial charge in [-0.25, -0.2) is 4.79 Å². The van der Waals surface area contributed by atoms with Gasteiger partial charge in [0.2, 0.25) is 0 Å². The van der Waals surface area contributed by atoms with Crippen molar-refractivity contribution in [3.05, 3.63) is 87.4 Å². The molecule has 1 heterocycles. The number of nitrogens with one attached hydrogen (secondary N) is 1. The first-order valence-electron chi connectivity index (χ1n) is 12.1. The van der Waals surface area contributed by atoms with Crippen LogP contribution in [0.2, 0.25) is 10.0 Å². The fourth-order valence-corrected chi connectivity index (χ4v) is 4.94. The van der Waals surface area contributed by atoms with Gasteiger partial charge in [0.05, 0.1) is 41.2 Å². The maximum Gasteiger partial charge on any atom is 0.338 e. The zero-order valence-electron chi connectivity index (χ0n) is 20.8. The number of benzene rings is 3. The Kier molecular flexibility index (Phi) is 8.92. The molecule has 7 nitrogen and oxygen atoms in total. The Morgan fingerprint density at radius 2 is 1.70 bits per heavy atom. The highest BCUT2D eigenvalue weighted by Crippen LogP contribution is 2.34. The van der Waals surface area contributed by atoms with Gasteiger partial charge in [0.25, 0.3) is 5.91 Å². The molecular weight excluding hydrogens is 513 g/mol. The van der Waals surface area contributed by atoms with Gasteiger partial charge in [-0.3, -0.25) is 9.69 Å². The summed E-state index contributed by atoms with van der Waals surface area (Å²) in [6, 6.07) is 18.6. The molecule has 0 aromatic heterocycles. The molecule has 9 heteroatoms. The standard InChI is InChI=1S/C28H29Cl2N3O4/c1-3-37-28(35)20-9-10-25(33-13-11-32(12-14-33)18-19-7-5-4-6-8-19)24(15-20)31-27(34)22-16-21(29)17-23(30)26(22)36-2/h4-10,15-17H,3,11-14,18H2,1-2H3,(H,31,34). The predicted octanol–water partition coefficient (Wildman–Crippen LogP) is 5.75. The SMILES string of the molecule is CCOC(=O)c1ccc(N2CCN(Cc3ccccc3)CC2)c(NC(=O)c2cc(Cl)cc(Cl)c2OC)c1. The molecule has 37 heavy (non-hydrogen) atoms. The molecule has 0 aliphatic carbocycles. The summed E-state index contributed by atoms with van der Waals surface area (Å²) in [5.74, 6) is -0.687. The lowest BCUT2D eigenvalue weighted by molar-refractivity contribution is 0.0526. The van der Waals surface area contributed by atoms with Crippen molar-refractivity contribution in [2.24, 2.45) is 0 Å². The van der Waals surface area contributed by atoms with E-state index in [-0.39, 0.29) is 22.9 Å². The lowest BCUT2D eigenvalue weighted by Gasteiger charge is -2.37. The van der Waals surface area contributed by atoms with Crippen LogP contribution in [0.15, 0.2) is 60.7 Å². The minimum absolute atomic E-state index is 0.195. The van der Waals surface area contributed by atoms with Gasteiger partial charge in [-0.2, -0.15) is 0 Å². The minimum atomic E-state index is -0.458. The second kappa shape index (κ2) is 12.3. The van der Waals surface area contributed by atoms with Gasteiger partial charge in [0.15, 0.2) is 0 Å². The number of esters is 1. The van der Waals surface area contributed by atoms with Crippen molar-refractivity contribution in [3.8, 4) is 5.75 Å². The van der Waals surface area contributed by atoms with Crippen LogP contribution in [0.25, 0.3) is 0 Å². The van der Waals surface area contributed by atoms with Crippen LogP contribution in [-0.2, 0) is 11.3 Å². The summed E-state index contributed by atoms with van der Waals surface area (Å²) in [6.45, 7) is 6.14. The number of hydrogen-bond acceptors (Lipinski definition) is 6. The van der Waals surface area contributed by atoms with Gasteiger partial charge in [0, 0.05) is 37.7 Å². The molecular formula is C28H29Cl2N3O4. The van der Waals surface area contributed by atoms with Crippen molar-refractivity contribution in [3.63, 3.8) is 0 Å². The molecule has 0 saturated carbocycles. The van der Waals surface area contributed by atoms with E-state index in [0.29, 0.717) is 16.3 Å². The number of anilines is 2. The van der Waals surface area contributed by atoms with Gasteiger partial charge in [-0.05, 0) is 42.8 Å². The summed E-state index contributed by atoms with van der Waals surface area (Å²) in [4.78, 5) is 30.4. The Morgan fingerprint density at radius 1 is 0.973 bits per heavy atom. The van der Waals surface area contributed by atoms with Crippen molar-refractivity contribution in [1.82, 2.24) is 4.90 Å². The first-order chi connectivity index (χ1) is 17.9. The Balaban J connectivity index is 1.58. The number of hydrogen-bond donors (Lipinski definition) is 1. The second-order valence-corrected chi connectivity index (χ2v) is 9.47. The third-order valence-corrected chi connectivity index (χ3v) is 6.67. The molecule has 3 aromatic rings. The number of methoxy groups -OCH3 is 1. The molecule has 0 bridgehead atoms. The number of ether oxygens (including phenoxy) is 2. The molecule has 0 radical (unpaired) electrons. The zero-order chi connectivity index (χ0) is 26.4.